The summed E-state index contributed by atoms with van der Waals surface area (Å²) in [4.78, 5) is 10.3. The Morgan fingerprint density at radius 1 is 1.26 bits per heavy atom. The molecule has 0 saturated carbocycles. The second kappa shape index (κ2) is 5.89. The Balaban J connectivity index is 2.57. The highest BCUT2D eigenvalue weighted by molar-refractivity contribution is 9.13. The lowest BCUT2D eigenvalue weighted by molar-refractivity contribution is 0.834. The van der Waals surface area contributed by atoms with Gasteiger partial charge in [0, 0.05) is 22.8 Å². The zero-order valence-electron chi connectivity index (χ0n) is 11.2. The quantitative estimate of drug-likeness (QED) is 0.763. The van der Waals surface area contributed by atoms with Crippen LogP contribution in [0.5, 0.6) is 0 Å². The SMILES string of the molecule is CNc1nc(-c2cc(Br)c(Br)s2)nc(C)c1C(C)C. The van der Waals surface area contributed by atoms with Crippen LogP contribution in [0.15, 0.2) is 14.3 Å². The summed E-state index contributed by atoms with van der Waals surface area (Å²) in [7, 11) is 1.90. The van der Waals surface area contributed by atoms with E-state index in [0.29, 0.717) is 5.92 Å². The third-order valence-electron chi connectivity index (χ3n) is 2.82. The average molecular weight is 405 g/mol. The van der Waals surface area contributed by atoms with Gasteiger partial charge in [-0.15, -0.1) is 11.3 Å². The van der Waals surface area contributed by atoms with E-state index in [4.69, 9.17) is 0 Å². The zero-order valence-corrected chi connectivity index (χ0v) is 15.2. The van der Waals surface area contributed by atoms with Crippen LogP contribution in [-0.2, 0) is 0 Å². The highest BCUT2D eigenvalue weighted by Crippen LogP contribution is 2.38. The molecule has 2 heterocycles. The monoisotopic (exact) mass is 403 g/mol. The van der Waals surface area contributed by atoms with Crippen molar-refractivity contribution in [3.8, 4) is 10.7 Å². The van der Waals surface area contributed by atoms with E-state index in [-0.39, 0.29) is 0 Å². The molecule has 0 aliphatic carbocycles. The second-order valence-electron chi connectivity index (χ2n) is 4.53. The van der Waals surface area contributed by atoms with Crippen LogP contribution in [0.4, 0.5) is 5.82 Å². The Morgan fingerprint density at radius 2 is 1.95 bits per heavy atom. The number of hydrogen-bond donors (Lipinski definition) is 1. The van der Waals surface area contributed by atoms with Crippen LogP contribution in [-0.4, -0.2) is 17.0 Å². The summed E-state index contributed by atoms with van der Waals surface area (Å²) in [6.07, 6.45) is 0. The first kappa shape index (κ1) is 14.9. The van der Waals surface area contributed by atoms with Crippen LogP contribution < -0.4 is 5.32 Å². The second-order valence-corrected chi connectivity index (χ2v) is 7.76. The van der Waals surface area contributed by atoms with Gasteiger partial charge < -0.3 is 5.32 Å². The minimum atomic E-state index is 0.401. The predicted molar refractivity (Wildman–Crippen MR) is 89.1 cm³/mol. The van der Waals surface area contributed by atoms with Crippen molar-refractivity contribution in [3.05, 3.63) is 25.6 Å². The van der Waals surface area contributed by atoms with Crippen molar-refractivity contribution in [1.29, 1.82) is 0 Å². The third kappa shape index (κ3) is 3.01. The first-order valence-electron chi connectivity index (χ1n) is 5.95. The molecule has 0 atom stereocenters. The molecule has 0 aliphatic rings. The molecule has 0 aliphatic heterocycles. The molecule has 0 saturated heterocycles. The first-order chi connectivity index (χ1) is 8.93. The summed E-state index contributed by atoms with van der Waals surface area (Å²) in [5.74, 6) is 2.08. The predicted octanol–water partition coefficient (Wildman–Crippen LogP) is 5.20. The maximum atomic E-state index is 4.65. The number of anilines is 1. The van der Waals surface area contributed by atoms with Gasteiger partial charge in [0.25, 0.3) is 0 Å². The van der Waals surface area contributed by atoms with E-state index >= 15 is 0 Å². The van der Waals surface area contributed by atoms with Crippen molar-refractivity contribution >= 4 is 49.0 Å². The van der Waals surface area contributed by atoms with Gasteiger partial charge in [-0.3, -0.25) is 0 Å². The van der Waals surface area contributed by atoms with Crippen LogP contribution in [0.25, 0.3) is 10.7 Å². The molecule has 0 aromatic carbocycles. The van der Waals surface area contributed by atoms with Crippen LogP contribution in [0.3, 0.4) is 0 Å². The summed E-state index contributed by atoms with van der Waals surface area (Å²) >= 11 is 8.63. The third-order valence-corrected chi connectivity index (χ3v) is 6.07. The minimum absolute atomic E-state index is 0.401. The molecule has 0 radical (unpaired) electrons. The van der Waals surface area contributed by atoms with Crippen LogP contribution in [0.2, 0.25) is 0 Å². The van der Waals surface area contributed by atoms with Gasteiger partial charge in [0.15, 0.2) is 5.82 Å². The van der Waals surface area contributed by atoms with Crippen molar-refractivity contribution in [1.82, 2.24) is 9.97 Å². The van der Waals surface area contributed by atoms with Crippen LogP contribution >= 0.6 is 43.2 Å². The number of nitrogens with one attached hydrogen (secondary N) is 1. The number of thiophene rings is 1. The number of aromatic nitrogens is 2. The topological polar surface area (TPSA) is 37.8 Å². The normalized spacial score (nSPS) is 11.1. The molecule has 0 amide bonds. The molecular weight excluding hydrogens is 390 g/mol. The van der Waals surface area contributed by atoms with Crippen molar-refractivity contribution < 1.29 is 0 Å². The standard InChI is InChI=1S/C13H15Br2N3S/c1-6(2)10-7(3)17-12(18-13(10)16-4)9-5-8(14)11(15)19-9/h5-6H,1-4H3,(H,16,17,18). The lowest BCUT2D eigenvalue weighted by Crippen LogP contribution is -2.06. The molecule has 0 unspecified atom stereocenters. The largest absolute Gasteiger partial charge is 0.373 e. The molecule has 2 aromatic heterocycles. The van der Waals surface area contributed by atoms with Crippen LogP contribution in [0, 0.1) is 6.92 Å². The Bertz CT molecular complexity index is 589. The summed E-state index contributed by atoms with van der Waals surface area (Å²) < 4.78 is 2.09. The molecule has 2 aromatic rings. The van der Waals surface area contributed by atoms with E-state index in [1.54, 1.807) is 11.3 Å². The van der Waals surface area contributed by atoms with Crippen LogP contribution in [0.1, 0.15) is 31.0 Å². The van der Waals surface area contributed by atoms with Crippen molar-refractivity contribution in [2.75, 3.05) is 12.4 Å². The van der Waals surface area contributed by atoms with E-state index in [2.05, 4.69) is 61.0 Å². The number of aryl methyl sites for hydroxylation is 1. The fraction of sp³-hybridized carbons (Fsp3) is 0.385. The first-order valence-corrected chi connectivity index (χ1v) is 8.35. The smallest absolute Gasteiger partial charge is 0.171 e. The van der Waals surface area contributed by atoms with Gasteiger partial charge in [-0.2, -0.15) is 0 Å². The van der Waals surface area contributed by atoms with Gasteiger partial charge in [0.05, 0.1) is 8.66 Å². The van der Waals surface area contributed by atoms with Crippen molar-refractivity contribution in [3.63, 3.8) is 0 Å². The fourth-order valence-corrected chi connectivity index (χ4v) is 4.00. The van der Waals surface area contributed by atoms with E-state index in [9.17, 15) is 0 Å². The number of hydrogen-bond acceptors (Lipinski definition) is 4. The minimum Gasteiger partial charge on any atom is -0.373 e. The molecular formula is C13H15Br2N3S. The fourth-order valence-electron chi connectivity index (χ4n) is 2.03. The van der Waals surface area contributed by atoms with Crippen molar-refractivity contribution in [2.45, 2.75) is 26.7 Å². The highest BCUT2D eigenvalue weighted by atomic mass is 79.9. The molecule has 0 bridgehead atoms. The maximum absolute atomic E-state index is 4.65. The van der Waals surface area contributed by atoms with Gasteiger partial charge in [0.1, 0.15) is 5.82 Å². The molecule has 102 valence electrons. The Kier molecular flexibility index (Phi) is 4.63. The van der Waals surface area contributed by atoms with Gasteiger partial charge in [-0.25, -0.2) is 9.97 Å². The molecule has 3 nitrogen and oxygen atoms in total. The molecule has 19 heavy (non-hydrogen) atoms. The summed E-state index contributed by atoms with van der Waals surface area (Å²) in [5, 5.41) is 3.18. The van der Waals surface area contributed by atoms with Crippen molar-refractivity contribution in [2.24, 2.45) is 0 Å². The van der Waals surface area contributed by atoms with E-state index in [1.165, 1.54) is 5.56 Å². The molecule has 0 spiro atoms. The summed E-state index contributed by atoms with van der Waals surface area (Å²) in [6, 6.07) is 2.04. The number of nitrogens with zero attached hydrogens (tertiary/aromatic N) is 2. The van der Waals surface area contributed by atoms with E-state index in [0.717, 1.165) is 30.5 Å². The Morgan fingerprint density at radius 3 is 2.42 bits per heavy atom. The van der Waals surface area contributed by atoms with Gasteiger partial charge in [-0.1, -0.05) is 13.8 Å². The van der Waals surface area contributed by atoms with E-state index in [1.807, 2.05) is 20.0 Å². The molecule has 1 N–H and O–H groups in total. The van der Waals surface area contributed by atoms with E-state index < -0.39 is 0 Å². The zero-order chi connectivity index (χ0) is 14.2. The lowest BCUT2D eigenvalue weighted by Gasteiger charge is -2.15. The van der Waals surface area contributed by atoms with Gasteiger partial charge in [0.2, 0.25) is 0 Å². The van der Waals surface area contributed by atoms with Gasteiger partial charge >= 0.3 is 0 Å². The lowest BCUT2D eigenvalue weighted by atomic mass is 10.0. The van der Waals surface area contributed by atoms with Gasteiger partial charge in [-0.05, 0) is 50.8 Å². The Labute approximate surface area is 134 Å². The summed E-state index contributed by atoms with van der Waals surface area (Å²) in [5.41, 5.74) is 2.21. The molecule has 0 fully saturated rings. The number of halogens is 2. The average Bonchev–Trinajstić information content (AvgIpc) is 2.68. The summed E-state index contributed by atoms with van der Waals surface area (Å²) in [6.45, 7) is 6.36. The molecule has 2 rings (SSSR count). The maximum Gasteiger partial charge on any atom is 0.171 e. The number of rotatable bonds is 3. The highest BCUT2D eigenvalue weighted by Gasteiger charge is 2.16. The molecule has 6 heteroatoms. The Hall–Kier alpha value is -0.460.